The summed E-state index contributed by atoms with van der Waals surface area (Å²) in [6, 6.07) is 16.5. The van der Waals surface area contributed by atoms with Crippen molar-refractivity contribution in [3.05, 3.63) is 48.5 Å². The topological polar surface area (TPSA) is 22.1 Å². The second-order valence-electron chi connectivity index (χ2n) is 4.85. The molecule has 2 nitrogen and oxygen atoms in total. The number of para-hydroxylation sites is 1. The van der Waals surface area contributed by atoms with E-state index in [1.54, 1.807) is 0 Å². The largest absolute Gasteiger partial charge is 0.490 e. The van der Waals surface area contributed by atoms with Gasteiger partial charge in [-0.15, -0.1) is 0 Å². The molecule has 1 heterocycles. The van der Waals surface area contributed by atoms with Crippen molar-refractivity contribution in [2.75, 3.05) is 0 Å². The molecular formula is C16H13NO. The van der Waals surface area contributed by atoms with E-state index >= 15 is 0 Å². The van der Waals surface area contributed by atoms with E-state index in [-0.39, 0.29) is 0 Å². The molecule has 0 bridgehead atoms. The van der Waals surface area contributed by atoms with Crippen LogP contribution >= 0.6 is 0 Å². The highest BCUT2D eigenvalue weighted by Crippen LogP contribution is 2.29. The van der Waals surface area contributed by atoms with Crippen molar-refractivity contribution in [2.24, 2.45) is 0 Å². The third-order valence-electron chi connectivity index (χ3n) is 3.32. The standard InChI is InChI=1S/C16H13NO/c1-2-4-15-11(3-1)9-12-5-6-14(10-16(12)17-15)18-13-7-8-13/h1-6,9-10,13H,7-8H2. The Bertz CT molecular complexity index is 731. The van der Waals surface area contributed by atoms with Gasteiger partial charge in [-0.3, -0.25) is 0 Å². The molecule has 2 heteroatoms. The zero-order valence-corrected chi connectivity index (χ0v) is 9.97. The van der Waals surface area contributed by atoms with Crippen LogP contribution in [0.2, 0.25) is 0 Å². The molecule has 1 aromatic heterocycles. The van der Waals surface area contributed by atoms with Crippen molar-refractivity contribution in [1.29, 1.82) is 0 Å². The predicted octanol–water partition coefficient (Wildman–Crippen LogP) is 3.93. The van der Waals surface area contributed by atoms with Crippen molar-refractivity contribution in [1.82, 2.24) is 4.98 Å². The van der Waals surface area contributed by atoms with Crippen LogP contribution in [0.15, 0.2) is 48.5 Å². The fraction of sp³-hybridized carbons (Fsp3) is 0.188. The number of ether oxygens (including phenoxy) is 1. The number of nitrogens with zero attached hydrogens (tertiary/aromatic N) is 1. The second kappa shape index (κ2) is 3.70. The van der Waals surface area contributed by atoms with Crippen LogP contribution in [0.25, 0.3) is 21.8 Å². The highest BCUT2D eigenvalue weighted by atomic mass is 16.5. The van der Waals surface area contributed by atoms with Gasteiger partial charge in [-0.1, -0.05) is 18.2 Å². The summed E-state index contributed by atoms with van der Waals surface area (Å²) in [5, 5.41) is 2.35. The van der Waals surface area contributed by atoms with Crippen LogP contribution in [0.3, 0.4) is 0 Å². The van der Waals surface area contributed by atoms with Crippen LogP contribution in [0.5, 0.6) is 5.75 Å². The maximum Gasteiger partial charge on any atom is 0.121 e. The molecule has 88 valence electrons. The molecular weight excluding hydrogens is 222 g/mol. The van der Waals surface area contributed by atoms with Gasteiger partial charge in [0.25, 0.3) is 0 Å². The van der Waals surface area contributed by atoms with E-state index in [1.165, 1.54) is 18.2 Å². The van der Waals surface area contributed by atoms with Gasteiger partial charge in [-0.2, -0.15) is 0 Å². The first-order valence-corrected chi connectivity index (χ1v) is 6.35. The fourth-order valence-electron chi connectivity index (χ4n) is 2.20. The zero-order valence-electron chi connectivity index (χ0n) is 9.97. The Balaban J connectivity index is 1.88. The Labute approximate surface area is 105 Å². The van der Waals surface area contributed by atoms with Gasteiger partial charge in [0.05, 0.1) is 17.1 Å². The van der Waals surface area contributed by atoms with Crippen molar-refractivity contribution in [3.8, 4) is 5.75 Å². The molecule has 0 atom stereocenters. The second-order valence-corrected chi connectivity index (χ2v) is 4.85. The first kappa shape index (κ1) is 9.89. The summed E-state index contributed by atoms with van der Waals surface area (Å²) in [5.74, 6) is 0.938. The number of fused-ring (bicyclic) bond motifs is 2. The molecule has 0 unspecified atom stereocenters. The molecule has 3 aromatic rings. The van der Waals surface area contributed by atoms with Crippen LogP contribution in [0, 0.1) is 0 Å². The summed E-state index contributed by atoms with van der Waals surface area (Å²) in [6.45, 7) is 0. The highest BCUT2D eigenvalue weighted by molar-refractivity contribution is 5.93. The molecule has 1 aliphatic rings. The average Bonchev–Trinajstić information content (AvgIpc) is 3.20. The lowest BCUT2D eigenvalue weighted by Gasteiger charge is -2.06. The van der Waals surface area contributed by atoms with Crippen molar-refractivity contribution in [2.45, 2.75) is 18.9 Å². The molecule has 0 saturated heterocycles. The summed E-state index contributed by atoms with van der Waals surface area (Å²) in [4.78, 5) is 4.69. The van der Waals surface area contributed by atoms with E-state index in [9.17, 15) is 0 Å². The predicted molar refractivity (Wildman–Crippen MR) is 72.9 cm³/mol. The molecule has 0 amide bonds. The lowest BCUT2D eigenvalue weighted by atomic mass is 10.1. The zero-order chi connectivity index (χ0) is 11.9. The van der Waals surface area contributed by atoms with Crippen LogP contribution < -0.4 is 4.74 Å². The molecule has 4 rings (SSSR count). The molecule has 18 heavy (non-hydrogen) atoms. The molecule has 0 radical (unpaired) electrons. The average molecular weight is 235 g/mol. The summed E-state index contributed by atoms with van der Waals surface area (Å²) in [7, 11) is 0. The molecule has 1 fully saturated rings. The van der Waals surface area contributed by atoms with E-state index in [2.05, 4.69) is 23.2 Å². The molecule has 0 spiro atoms. The third kappa shape index (κ3) is 1.70. The quantitative estimate of drug-likeness (QED) is 0.628. The summed E-state index contributed by atoms with van der Waals surface area (Å²) < 4.78 is 5.81. The van der Waals surface area contributed by atoms with Gasteiger partial charge in [-0.25, -0.2) is 4.98 Å². The third-order valence-corrected chi connectivity index (χ3v) is 3.32. The van der Waals surface area contributed by atoms with Crippen molar-refractivity contribution < 1.29 is 4.74 Å². The minimum atomic E-state index is 0.433. The Morgan fingerprint density at radius 1 is 0.889 bits per heavy atom. The monoisotopic (exact) mass is 235 g/mol. The number of benzene rings is 2. The first-order valence-electron chi connectivity index (χ1n) is 6.35. The molecule has 0 N–H and O–H groups in total. The van der Waals surface area contributed by atoms with Crippen molar-refractivity contribution in [3.63, 3.8) is 0 Å². The molecule has 1 saturated carbocycles. The first-order chi connectivity index (χ1) is 8.88. The fourth-order valence-corrected chi connectivity index (χ4v) is 2.20. The van der Waals surface area contributed by atoms with Gasteiger partial charge in [0.1, 0.15) is 5.75 Å². The molecule has 0 aliphatic heterocycles. The lowest BCUT2D eigenvalue weighted by molar-refractivity contribution is 0.303. The number of hydrogen-bond acceptors (Lipinski definition) is 2. The molecule has 1 aliphatic carbocycles. The van der Waals surface area contributed by atoms with Crippen LogP contribution in [0.1, 0.15) is 12.8 Å². The smallest absolute Gasteiger partial charge is 0.121 e. The lowest BCUT2D eigenvalue weighted by Crippen LogP contribution is -1.95. The van der Waals surface area contributed by atoms with Gasteiger partial charge in [-0.05, 0) is 37.1 Å². The van der Waals surface area contributed by atoms with Crippen LogP contribution in [-0.4, -0.2) is 11.1 Å². The normalized spacial score (nSPS) is 15.1. The minimum absolute atomic E-state index is 0.433. The molecule has 2 aromatic carbocycles. The van der Waals surface area contributed by atoms with Gasteiger partial charge < -0.3 is 4.74 Å². The van der Waals surface area contributed by atoms with Gasteiger partial charge in [0.15, 0.2) is 0 Å². The van der Waals surface area contributed by atoms with E-state index in [0.29, 0.717) is 6.10 Å². The number of pyridine rings is 1. The van der Waals surface area contributed by atoms with Gasteiger partial charge >= 0.3 is 0 Å². The van der Waals surface area contributed by atoms with Crippen molar-refractivity contribution >= 4 is 21.8 Å². The van der Waals surface area contributed by atoms with Crippen LogP contribution in [-0.2, 0) is 0 Å². The van der Waals surface area contributed by atoms with Gasteiger partial charge in [0.2, 0.25) is 0 Å². The summed E-state index contributed by atoms with van der Waals surface area (Å²) >= 11 is 0. The number of aromatic nitrogens is 1. The Morgan fingerprint density at radius 2 is 1.72 bits per heavy atom. The van der Waals surface area contributed by atoms with Gasteiger partial charge in [0, 0.05) is 16.8 Å². The Hall–Kier alpha value is -2.09. The van der Waals surface area contributed by atoms with E-state index in [0.717, 1.165) is 22.2 Å². The Kier molecular flexibility index (Phi) is 2.04. The van der Waals surface area contributed by atoms with E-state index in [4.69, 9.17) is 4.74 Å². The maximum absolute atomic E-state index is 5.81. The summed E-state index contributed by atoms with van der Waals surface area (Å²) in [5.41, 5.74) is 2.04. The highest BCUT2D eigenvalue weighted by Gasteiger charge is 2.23. The Morgan fingerprint density at radius 3 is 2.61 bits per heavy atom. The van der Waals surface area contributed by atoms with E-state index < -0.39 is 0 Å². The minimum Gasteiger partial charge on any atom is -0.490 e. The van der Waals surface area contributed by atoms with Crippen LogP contribution in [0.4, 0.5) is 0 Å². The summed E-state index contributed by atoms with van der Waals surface area (Å²) in [6.07, 6.45) is 2.80. The number of hydrogen-bond donors (Lipinski definition) is 0. The SMILES string of the molecule is c1ccc2nc3cc(OC4CC4)ccc3cc2c1. The van der Waals surface area contributed by atoms with E-state index in [1.807, 2.05) is 30.3 Å². The number of rotatable bonds is 2. The maximum atomic E-state index is 5.81.